The zero-order valence-electron chi connectivity index (χ0n) is 18.5. The Morgan fingerprint density at radius 1 is 1.37 bits per heavy atom. The van der Waals surface area contributed by atoms with Gasteiger partial charge in [0.15, 0.2) is 5.96 Å². The molecule has 1 fully saturated rings. The molecule has 30 heavy (non-hydrogen) atoms. The predicted molar refractivity (Wildman–Crippen MR) is 134 cm³/mol. The highest BCUT2D eigenvalue weighted by Gasteiger charge is 2.25. The standard InChI is InChI=1S/C22H34N6O.HI/c1-5-23-22(24-10-11-27(6-2)20-9-7-8-18(3)14-20)28-12-13-29-21(17-28)19-15-25-26(4)16-19;/h7-9,14-16,21H,5-6,10-13,17H2,1-4H3,(H,23,24);1H. The van der Waals surface area contributed by atoms with Gasteiger partial charge in [-0.1, -0.05) is 12.1 Å². The number of anilines is 1. The van der Waals surface area contributed by atoms with Gasteiger partial charge in [0, 0.05) is 50.7 Å². The Morgan fingerprint density at radius 2 is 2.20 bits per heavy atom. The molecular formula is C22H35IN6O. The van der Waals surface area contributed by atoms with Crippen molar-refractivity contribution in [3.05, 3.63) is 47.8 Å². The van der Waals surface area contributed by atoms with Crippen LogP contribution in [-0.2, 0) is 11.8 Å². The van der Waals surface area contributed by atoms with E-state index in [1.54, 1.807) is 0 Å². The second-order valence-electron chi connectivity index (χ2n) is 7.41. The number of rotatable bonds is 7. The van der Waals surface area contributed by atoms with Crippen molar-refractivity contribution in [2.75, 3.05) is 50.8 Å². The molecule has 0 bridgehead atoms. The lowest BCUT2D eigenvalue weighted by molar-refractivity contribution is -0.00803. The van der Waals surface area contributed by atoms with E-state index in [2.05, 4.69) is 65.3 Å². The van der Waals surface area contributed by atoms with Crippen molar-refractivity contribution >= 4 is 35.6 Å². The molecule has 1 aromatic carbocycles. The maximum absolute atomic E-state index is 5.98. The number of guanidine groups is 1. The van der Waals surface area contributed by atoms with Crippen LogP contribution in [0.4, 0.5) is 5.69 Å². The molecule has 1 atom stereocenters. The number of benzene rings is 1. The number of halogens is 1. The summed E-state index contributed by atoms with van der Waals surface area (Å²) in [6, 6.07) is 8.66. The van der Waals surface area contributed by atoms with Crippen molar-refractivity contribution in [1.29, 1.82) is 0 Å². The highest BCUT2D eigenvalue weighted by Crippen LogP contribution is 2.21. The third kappa shape index (κ3) is 6.60. The van der Waals surface area contributed by atoms with Crippen LogP contribution in [0.25, 0.3) is 0 Å². The van der Waals surface area contributed by atoms with Crippen molar-refractivity contribution in [2.24, 2.45) is 12.0 Å². The first-order valence-corrected chi connectivity index (χ1v) is 10.6. The normalized spacial score (nSPS) is 16.9. The van der Waals surface area contributed by atoms with Gasteiger partial charge in [0.05, 0.1) is 25.9 Å². The second-order valence-corrected chi connectivity index (χ2v) is 7.41. The number of aromatic nitrogens is 2. The third-order valence-corrected chi connectivity index (χ3v) is 5.18. The summed E-state index contributed by atoms with van der Waals surface area (Å²) in [7, 11) is 1.93. The van der Waals surface area contributed by atoms with Crippen LogP contribution in [0.15, 0.2) is 41.7 Å². The van der Waals surface area contributed by atoms with Gasteiger partial charge in [-0.3, -0.25) is 9.67 Å². The first-order valence-electron chi connectivity index (χ1n) is 10.6. The lowest BCUT2D eigenvalue weighted by atomic mass is 10.1. The van der Waals surface area contributed by atoms with Crippen LogP contribution < -0.4 is 10.2 Å². The second kappa shape index (κ2) is 12.1. The van der Waals surface area contributed by atoms with Gasteiger partial charge in [0.1, 0.15) is 6.10 Å². The quantitative estimate of drug-likeness (QED) is 0.341. The number of nitrogens with one attached hydrogen (secondary N) is 1. The predicted octanol–water partition coefficient (Wildman–Crippen LogP) is 3.21. The smallest absolute Gasteiger partial charge is 0.194 e. The summed E-state index contributed by atoms with van der Waals surface area (Å²) in [4.78, 5) is 9.59. The monoisotopic (exact) mass is 526 g/mol. The molecule has 1 aliphatic rings. The average Bonchev–Trinajstić information content (AvgIpc) is 3.17. The molecule has 2 heterocycles. The molecule has 1 aliphatic heterocycles. The van der Waals surface area contributed by atoms with Crippen LogP contribution in [0.2, 0.25) is 0 Å². The summed E-state index contributed by atoms with van der Waals surface area (Å²) >= 11 is 0. The zero-order valence-corrected chi connectivity index (χ0v) is 20.9. The fourth-order valence-electron chi connectivity index (χ4n) is 3.65. The molecule has 0 aliphatic carbocycles. The van der Waals surface area contributed by atoms with Gasteiger partial charge in [-0.25, -0.2) is 0 Å². The van der Waals surface area contributed by atoms with E-state index in [1.165, 1.54) is 11.3 Å². The minimum Gasteiger partial charge on any atom is -0.370 e. The summed E-state index contributed by atoms with van der Waals surface area (Å²) in [6.07, 6.45) is 3.94. The summed E-state index contributed by atoms with van der Waals surface area (Å²) in [5, 5.41) is 7.73. The van der Waals surface area contributed by atoms with Crippen LogP contribution in [0.5, 0.6) is 0 Å². The van der Waals surface area contributed by atoms with Gasteiger partial charge in [0.25, 0.3) is 0 Å². The molecule has 1 N–H and O–H groups in total. The number of likely N-dealkylation sites (N-methyl/N-ethyl adjacent to an activating group) is 1. The van der Waals surface area contributed by atoms with Crippen LogP contribution in [0, 0.1) is 6.92 Å². The van der Waals surface area contributed by atoms with Crippen molar-refractivity contribution in [3.8, 4) is 0 Å². The first kappa shape index (κ1) is 24.5. The Balaban J connectivity index is 0.00000320. The van der Waals surface area contributed by atoms with Crippen molar-refractivity contribution < 1.29 is 4.74 Å². The van der Waals surface area contributed by atoms with Gasteiger partial charge in [-0.2, -0.15) is 5.10 Å². The van der Waals surface area contributed by atoms with E-state index >= 15 is 0 Å². The maximum Gasteiger partial charge on any atom is 0.194 e. The molecule has 0 radical (unpaired) electrons. The van der Waals surface area contributed by atoms with E-state index in [9.17, 15) is 0 Å². The SMILES string of the molecule is CCNC(=NCCN(CC)c1cccc(C)c1)N1CCOC(c2cnn(C)c2)C1.I. The van der Waals surface area contributed by atoms with Crippen molar-refractivity contribution in [3.63, 3.8) is 0 Å². The molecule has 1 unspecified atom stereocenters. The Morgan fingerprint density at radius 3 is 2.87 bits per heavy atom. The van der Waals surface area contributed by atoms with Gasteiger partial charge >= 0.3 is 0 Å². The minimum atomic E-state index is 0. The molecule has 8 heteroatoms. The van der Waals surface area contributed by atoms with Crippen LogP contribution in [0.3, 0.4) is 0 Å². The van der Waals surface area contributed by atoms with Crippen molar-refractivity contribution in [1.82, 2.24) is 20.0 Å². The lowest BCUT2D eigenvalue weighted by Gasteiger charge is -2.35. The van der Waals surface area contributed by atoms with Gasteiger partial charge in [-0.15, -0.1) is 24.0 Å². The topological polar surface area (TPSA) is 57.9 Å². The molecule has 2 aromatic rings. The Kier molecular flexibility index (Phi) is 9.90. The summed E-state index contributed by atoms with van der Waals surface area (Å²) in [5.74, 6) is 0.963. The van der Waals surface area contributed by atoms with E-state index in [0.717, 1.165) is 50.8 Å². The summed E-state index contributed by atoms with van der Waals surface area (Å²) < 4.78 is 7.80. The minimum absolute atomic E-state index is 0. The maximum atomic E-state index is 5.98. The van der Waals surface area contributed by atoms with Crippen molar-refractivity contribution in [2.45, 2.75) is 26.9 Å². The molecule has 1 saturated heterocycles. The Hall–Kier alpha value is -1.81. The number of aliphatic imine (C=N–C) groups is 1. The Bertz CT molecular complexity index is 808. The number of ether oxygens (including phenoxy) is 1. The summed E-state index contributed by atoms with van der Waals surface area (Å²) in [5.41, 5.74) is 3.66. The highest BCUT2D eigenvalue weighted by atomic mass is 127. The molecule has 0 spiro atoms. The number of hydrogen-bond acceptors (Lipinski definition) is 4. The average molecular weight is 526 g/mol. The van der Waals surface area contributed by atoms with E-state index in [1.807, 2.05) is 24.1 Å². The zero-order chi connectivity index (χ0) is 20.6. The Labute approximate surface area is 197 Å². The number of morpholine rings is 1. The number of aryl methyl sites for hydroxylation is 2. The van der Waals surface area contributed by atoms with Crippen LogP contribution in [0.1, 0.15) is 31.1 Å². The first-order chi connectivity index (χ1) is 14.1. The summed E-state index contributed by atoms with van der Waals surface area (Å²) in [6.45, 7) is 12.2. The fraction of sp³-hybridized carbons (Fsp3) is 0.545. The third-order valence-electron chi connectivity index (χ3n) is 5.18. The van der Waals surface area contributed by atoms with E-state index in [0.29, 0.717) is 6.61 Å². The molecule has 1 aromatic heterocycles. The molecule has 166 valence electrons. The molecule has 7 nitrogen and oxygen atoms in total. The number of nitrogens with zero attached hydrogens (tertiary/aromatic N) is 5. The van der Waals surface area contributed by atoms with Gasteiger partial charge in [0.2, 0.25) is 0 Å². The van der Waals surface area contributed by atoms with Gasteiger partial charge < -0.3 is 19.9 Å². The number of hydrogen-bond donors (Lipinski definition) is 1. The molecule has 0 saturated carbocycles. The molecular weight excluding hydrogens is 491 g/mol. The van der Waals surface area contributed by atoms with Gasteiger partial charge in [-0.05, 0) is 38.5 Å². The van der Waals surface area contributed by atoms with E-state index in [4.69, 9.17) is 9.73 Å². The van der Waals surface area contributed by atoms with Crippen LogP contribution >= 0.6 is 24.0 Å². The largest absolute Gasteiger partial charge is 0.370 e. The molecule has 3 rings (SSSR count). The highest BCUT2D eigenvalue weighted by molar-refractivity contribution is 14.0. The lowest BCUT2D eigenvalue weighted by Crippen LogP contribution is -2.48. The molecule has 0 amide bonds. The van der Waals surface area contributed by atoms with Crippen LogP contribution in [-0.4, -0.2) is 66.5 Å². The van der Waals surface area contributed by atoms with E-state index < -0.39 is 0 Å². The van der Waals surface area contributed by atoms with E-state index in [-0.39, 0.29) is 30.1 Å². The fourth-order valence-corrected chi connectivity index (χ4v) is 3.65.